The van der Waals surface area contributed by atoms with E-state index in [1.807, 2.05) is 79.0 Å². The summed E-state index contributed by atoms with van der Waals surface area (Å²) in [5.74, 6) is 3.07. The fraction of sp³-hybridized carbons (Fsp3) is 0.115. The predicted octanol–water partition coefficient (Wildman–Crippen LogP) is 6.35. The molecule has 0 bridgehead atoms. The average molecular weight is 412 g/mol. The van der Waals surface area contributed by atoms with Crippen molar-refractivity contribution in [2.24, 2.45) is 4.99 Å². The largest absolute Gasteiger partial charge is 0.497 e. The Morgan fingerprint density at radius 3 is 2.13 bits per heavy atom. The van der Waals surface area contributed by atoms with Crippen LogP contribution >= 0.6 is 0 Å². The molecule has 0 N–H and O–H groups in total. The molecule has 3 aromatic carbocycles. The van der Waals surface area contributed by atoms with Gasteiger partial charge in [0.05, 0.1) is 19.9 Å². The van der Waals surface area contributed by atoms with Crippen molar-refractivity contribution in [3.05, 3.63) is 96.3 Å². The minimum Gasteiger partial charge on any atom is -0.497 e. The van der Waals surface area contributed by atoms with Gasteiger partial charge in [0, 0.05) is 35.4 Å². The lowest BCUT2D eigenvalue weighted by atomic mass is 10.3. The lowest BCUT2D eigenvalue weighted by molar-refractivity contribution is 0.409. The van der Waals surface area contributed by atoms with Crippen LogP contribution in [0.1, 0.15) is 11.3 Å². The van der Waals surface area contributed by atoms with E-state index in [9.17, 15) is 0 Å². The Morgan fingerprint density at radius 1 is 0.742 bits per heavy atom. The van der Waals surface area contributed by atoms with Gasteiger partial charge in [-0.2, -0.15) is 0 Å². The van der Waals surface area contributed by atoms with Crippen LogP contribution in [0.2, 0.25) is 0 Å². The minimum atomic E-state index is 0.728. The summed E-state index contributed by atoms with van der Waals surface area (Å²) in [7, 11) is 3.31. The standard InChI is InChI=1S/C26H24N2O3/c1-19-15-20(18-28(19)22-9-13-23(29-2)14-10-22)17-27-21-7-11-24(12-8-21)31-26-6-4-5-25(16-26)30-3/h4-18H,1-3H3. The molecule has 0 amide bonds. The van der Waals surface area contributed by atoms with Crippen LogP contribution in [0.3, 0.4) is 0 Å². The van der Waals surface area contributed by atoms with Gasteiger partial charge in [0.25, 0.3) is 0 Å². The summed E-state index contributed by atoms with van der Waals surface area (Å²) < 4.78 is 18.5. The molecule has 1 aromatic heterocycles. The first-order valence-corrected chi connectivity index (χ1v) is 9.94. The molecule has 0 aliphatic heterocycles. The van der Waals surface area contributed by atoms with Gasteiger partial charge in [-0.1, -0.05) is 6.07 Å². The quantitative estimate of drug-likeness (QED) is 0.332. The number of aromatic nitrogens is 1. The first-order chi connectivity index (χ1) is 15.1. The average Bonchev–Trinajstić information content (AvgIpc) is 3.19. The van der Waals surface area contributed by atoms with Crippen molar-refractivity contribution in [2.75, 3.05) is 14.2 Å². The van der Waals surface area contributed by atoms with E-state index in [-0.39, 0.29) is 0 Å². The van der Waals surface area contributed by atoms with Gasteiger partial charge in [-0.25, -0.2) is 0 Å². The molecular formula is C26H24N2O3. The molecule has 0 saturated carbocycles. The maximum absolute atomic E-state index is 5.88. The Bertz CT molecular complexity index is 1180. The molecule has 156 valence electrons. The van der Waals surface area contributed by atoms with Crippen LogP contribution in [0.4, 0.5) is 5.69 Å². The second-order valence-corrected chi connectivity index (χ2v) is 7.02. The molecule has 31 heavy (non-hydrogen) atoms. The van der Waals surface area contributed by atoms with Crippen LogP contribution in [-0.2, 0) is 0 Å². The number of aliphatic imine (C=N–C) groups is 1. The van der Waals surface area contributed by atoms with Crippen molar-refractivity contribution < 1.29 is 14.2 Å². The molecule has 4 aromatic rings. The summed E-state index contributed by atoms with van der Waals surface area (Å²) in [4.78, 5) is 4.59. The Hall–Kier alpha value is -3.99. The summed E-state index contributed by atoms with van der Waals surface area (Å²) in [6.45, 7) is 2.08. The zero-order chi connectivity index (χ0) is 21.6. The number of hydrogen-bond acceptors (Lipinski definition) is 4. The number of nitrogens with zero attached hydrogens (tertiary/aromatic N) is 2. The summed E-state index contributed by atoms with van der Waals surface area (Å²) in [6.07, 6.45) is 3.94. The molecule has 0 aliphatic carbocycles. The highest BCUT2D eigenvalue weighted by atomic mass is 16.5. The monoisotopic (exact) mass is 412 g/mol. The van der Waals surface area contributed by atoms with Crippen LogP contribution in [0.15, 0.2) is 90.1 Å². The van der Waals surface area contributed by atoms with Crippen LogP contribution in [0.5, 0.6) is 23.0 Å². The lowest BCUT2D eigenvalue weighted by Crippen LogP contribution is -1.94. The SMILES string of the molecule is COc1ccc(-n2cc(C=Nc3ccc(Oc4cccc(OC)c4)cc3)cc2C)cc1. The van der Waals surface area contributed by atoms with Crippen molar-refractivity contribution in [3.8, 4) is 28.7 Å². The topological polar surface area (TPSA) is 45.0 Å². The third-order valence-corrected chi connectivity index (χ3v) is 4.86. The second kappa shape index (κ2) is 9.22. The smallest absolute Gasteiger partial charge is 0.131 e. The number of rotatable bonds is 7. The molecule has 0 aliphatic rings. The molecule has 1 heterocycles. The van der Waals surface area contributed by atoms with Crippen molar-refractivity contribution >= 4 is 11.9 Å². The van der Waals surface area contributed by atoms with E-state index < -0.39 is 0 Å². The molecule has 0 unspecified atom stereocenters. The van der Waals surface area contributed by atoms with Gasteiger partial charge in [0.1, 0.15) is 23.0 Å². The third-order valence-electron chi connectivity index (χ3n) is 4.86. The van der Waals surface area contributed by atoms with Gasteiger partial charge in [0.15, 0.2) is 0 Å². The highest BCUT2D eigenvalue weighted by Crippen LogP contribution is 2.27. The van der Waals surface area contributed by atoms with Gasteiger partial charge < -0.3 is 18.8 Å². The van der Waals surface area contributed by atoms with E-state index in [0.717, 1.165) is 45.6 Å². The van der Waals surface area contributed by atoms with Crippen LogP contribution < -0.4 is 14.2 Å². The van der Waals surface area contributed by atoms with E-state index in [1.54, 1.807) is 14.2 Å². The van der Waals surface area contributed by atoms with E-state index in [1.165, 1.54) is 0 Å². The molecule has 0 atom stereocenters. The van der Waals surface area contributed by atoms with Gasteiger partial charge >= 0.3 is 0 Å². The second-order valence-electron chi connectivity index (χ2n) is 7.02. The van der Waals surface area contributed by atoms with Crippen molar-refractivity contribution in [1.82, 2.24) is 4.57 Å². The van der Waals surface area contributed by atoms with Gasteiger partial charge in [0.2, 0.25) is 0 Å². The Labute approximate surface area is 182 Å². The minimum absolute atomic E-state index is 0.728. The van der Waals surface area contributed by atoms with E-state index in [2.05, 4.69) is 28.7 Å². The van der Waals surface area contributed by atoms with Gasteiger partial charge in [-0.3, -0.25) is 4.99 Å². The molecule has 5 heteroatoms. The van der Waals surface area contributed by atoms with Crippen LogP contribution in [0.25, 0.3) is 5.69 Å². The Kier molecular flexibility index (Phi) is 6.03. The fourth-order valence-corrected chi connectivity index (χ4v) is 3.24. The summed E-state index contributed by atoms with van der Waals surface area (Å²) in [5, 5.41) is 0. The third kappa shape index (κ3) is 4.95. The number of hydrogen-bond donors (Lipinski definition) is 0. The zero-order valence-electron chi connectivity index (χ0n) is 17.8. The highest BCUT2D eigenvalue weighted by molar-refractivity contribution is 5.82. The first-order valence-electron chi connectivity index (χ1n) is 9.94. The maximum atomic E-state index is 5.88. The van der Waals surface area contributed by atoms with E-state index >= 15 is 0 Å². The predicted molar refractivity (Wildman–Crippen MR) is 124 cm³/mol. The Morgan fingerprint density at radius 2 is 1.42 bits per heavy atom. The maximum Gasteiger partial charge on any atom is 0.131 e. The van der Waals surface area contributed by atoms with Crippen LogP contribution in [-0.4, -0.2) is 25.0 Å². The van der Waals surface area contributed by atoms with E-state index in [4.69, 9.17) is 14.2 Å². The molecule has 0 fully saturated rings. The number of ether oxygens (including phenoxy) is 3. The number of methoxy groups -OCH3 is 2. The van der Waals surface area contributed by atoms with E-state index in [0.29, 0.717) is 0 Å². The number of aryl methyl sites for hydroxylation is 1. The highest BCUT2D eigenvalue weighted by Gasteiger charge is 2.04. The van der Waals surface area contributed by atoms with Crippen molar-refractivity contribution in [3.63, 3.8) is 0 Å². The molecule has 4 rings (SSSR count). The lowest BCUT2D eigenvalue weighted by Gasteiger charge is -2.07. The van der Waals surface area contributed by atoms with Crippen molar-refractivity contribution in [1.29, 1.82) is 0 Å². The molecule has 0 saturated heterocycles. The fourth-order valence-electron chi connectivity index (χ4n) is 3.24. The number of benzene rings is 3. The normalized spacial score (nSPS) is 10.9. The molecular weight excluding hydrogens is 388 g/mol. The van der Waals surface area contributed by atoms with Crippen molar-refractivity contribution in [2.45, 2.75) is 6.92 Å². The molecule has 0 radical (unpaired) electrons. The summed E-state index contributed by atoms with van der Waals surface area (Å²) >= 11 is 0. The summed E-state index contributed by atoms with van der Waals surface area (Å²) in [6, 6.07) is 25.3. The van der Waals surface area contributed by atoms with Gasteiger partial charge in [-0.15, -0.1) is 0 Å². The Balaban J connectivity index is 1.45. The zero-order valence-corrected chi connectivity index (χ0v) is 17.8. The molecule has 0 spiro atoms. The first kappa shape index (κ1) is 20.3. The van der Waals surface area contributed by atoms with Crippen LogP contribution in [0, 0.1) is 6.92 Å². The van der Waals surface area contributed by atoms with Gasteiger partial charge in [-0.05, 0) is 73.7 Å². The molecule has 5 nitrogen and oxygen atoms in total. The summed E-state index contributed by atoms with van der Waals surface area (Å²) in [5.41, 5.74) is 4.10.